The number of halogens is 2. The molecular weight excluding hydrogens is 348 g/mol. The van der Waals surface area contributed by atoms with Gasteiger partial charge in [0.25, 0.3) is 0 Å². The van der Waals surface area contributed by atoms with E-state index in [0.29, 0.717) is 17.1 Å². The fourth-order valence-corrected chi connectivity index (χ4v) is 2.91. The molecule has 0 fully saturated rings. The van der Waals surface area contributed by atoms with Crippen LogP contribution in [0, 0.1) is 11.6 Å². The summed E-state index contributed by atoms with van der Waals surface area (Å²) in [5, 5.41) is 10.9. The first-order chi connectivity index (χ1) is 12.6. The van der Waals surface area contributed by atoms with E-state index in [-0.39, 0.29) is 17.4 Å². The number of hydrogen-bond donors (Lipinski definition) is 2. The van der Waals surface area contributed by atoms with Gasteiger partial charge in [0.1, 0.15) is 17.5 Å². The highest BCUT2D eigenvalue weighted by Crippen LogP contribution is 2.30. The zero-order valence-electron chi connectivity index (χ0n) is 15.8. The fraction of sp³-hybridized carbons (Fsp3) is 0.333. The number of benzene rings is 1. The lowest BCUT2D eigenvalue weighted by molar-refractivity contribution is 0.0518. The summed E-state index contributed by atoms with van der Waals surface area (Å²) >= 11 is 0. The Hall–Kier alpha value is -2.60. The van der Waals surface area contributed by atoms with Crippen molar-refractivity contribution < 1.29 is 13.9 Å². The van der Waals surface area contributed by atoms with E-state index < -0.39 is 17.2 Å². The van der Waals surface area contributed by atoms with Crippen molar-refractivity contribution in [2.75, 3.05) is 0 Å². The molecule has 3 aromatic rings. The number of rotatable bonds is 4. The van der Waals surface area contributed by atoms with Gasteiger partial charge in [-0.3, -0.25) is 4.98 Å². The van der Waals surface area contributed by atoms with Gasteiger partial charge in [-0.25, -0.2) is 13.8 Å². The van der Waals surface area contributed by atoms with Crippen LogP contribution in [0.4, 0.5) is 8.78 Å². The molecule has 142 valence electrons. The van der Waals surface area contributed by atoms with E-state index in [0.717, 1.165) is 11.9 Å². The lowest BCUT2D eigenvalue weighted by Gasteiger charge is -2.24. The average Bonchev–Trinajstić information content (AvgIpc) is 3.03. The number of H-pyrrole nitrogens is 1. The van der Waals surface area contributed by atoms with Crippen LogP contribution >= 0.6 is 0 Å². The molecule has 0 aliphatic heterocycles. The molecule has 6 heteroatoms. The predicted octanol–water partition coefficient (Wildman–Crippen LogP) is 4.50. The van der Waals surface area contributed by atoms with Crippen molar-refractivity contribution >= 4 is 0 Å². The molecule has 2 N–H and O–H groups in total. The molecule has 0 aliphatic carbocycles. The molecule has 0 radical (unpaired) electrons. The largest absolute Gasteiger partial charge is 0.385 e. The van der Waals surface area contributed by atoms with Gasteiger partial charge < -0.3 is 10.1 Å². The molecule has 3 rings (SSSR count). The van der Waals surface area contributed by atoms with Gasteiger partial charge in [0.05, 0.1) is 17.5 Å². The number of aliphatic hydroxyl groups is 1. The number of aromatic amines is 1. The van der Waals surface area contributed by atoms with Crippen LogP contribution in [0.2, 0.25) is 0 Å². The van der Waals surface area contributed by atoms with Crippen LogP contribution in [-0.4, -0.2) is 20.1 Å². The molecule has 0 spiro atoms. The van der Waals surface area contributed by atoms with E-state index in [1.807, 2.05) is 0 Å². The summed E-state index contributed by atoms with van der Waals surface area (Å²) in [5.41, 5.74) is 0.564. The maximum Gasteiger partial charge on any atom is 0.141 e. The maximum absolute atomic E-state index is 14.7. The highest BCUT2D eigenvalue weighted by atomic mass is 19.1. The summed E-state index contributed by atoms with van der Waals surface area (Å²) in [5.74, 6) is -0.410. The minimum atomic E-state index is -1.44. The van der Waals surface area contributed by atoms with Gasteiger partial charge >= 0.3 is 0 Å². The van der Waals surface area contributed by atoms with Crippen LogP contribution in [0.15, 0.2) is 42.7 Å². The molecule has 1 unspecified atom stereocenters. The van der Waals surface area contributed by atoms with E-state index in [9.17, 15) is 13.9 Å². The van der Waals surface area contributed by atoms with Gasteiger partial charge in [0, 0.05) is 34.9 Å². The Morgan fingerprint density at radius 1 is 1.00 bits per heavy atom. The van der Waals surface area contributed by atoms with Crippen LogP contribution in [0.1, 0.15) is 44.8 Å². The van der Waals surface area contributed by atoms with Gasteiger partial charge in [0.2, 0.25) is 0 Å². The van der Waals surface area contributed by atoms with Gasteiger partial charge in [-0.15, -0.1) is 0 Å². The third-order valence-corrected chi connectivity index (χ3v) is 4.52. The zero-order chi connectivity index (χ0) is 19.8. The molecule has 1 aromatic carbocycles. The molecule has 1 atom stereocenters. The monoisotopic (exact) mass is 371 g/mol. The Labute approximate surface area is 157 Å². The summed E-state index contributed by atoms with van der Waals surface area (Å²) < 4.78 is 27.7. The summed E-state index contributed by atoms with van der Waals surface area (Å²) in [6.07, 6.45) is 2.97. The Morgan fingerprint density at radius 3 is 2.30 bits per heavy atom. The minimum Gasteiger partial charge on any atom is -0.385 e. The number of nitrogens with one attached hydrogen (secondary N) is 1. The first-order valence-electron chi connectivity index (χ1n) is 8.75. The van der Waals surface area contributed by atoms with E-state index >= 15 is 0 Å². The number of pyridine rings is 1. The zero-order valence-corrected chi connectivity index (χ0v) is 15.8. The first kappa shape index (κ1) is 19.2. The van der Waals surface area contributed by atoms with Gasteiger partial charge in [-0.1, -0.05) is 32.9 Å². The summed E-state index contributed by atoms with van der Waals surface area (Å²) in [6, 6.07) is 7.25. The van der Waals surface area contributed by atoms with E-state index in [1.54, 1.807) is 19.2 Å². The van der Waals surface area contributed by atoms with Gasteiger partial charge in [-0.05, 0) is 25.1 Å². The van der Waals surface area contributed by atoms with Crippen molar-refractivity contribution in [2.45, 2.75) is 45.1 Å². The second kappa shape index (κ2) is 6.85. The lowest BCUT2D eigenvalue weighted by atomic mass is 9.90. The van der Waals surface area contributed by atoms with Crippen molar-refractivity contribution in [1.82, 2.24) is 15.0 Å². The molecule has 2 aromatic heterocycles. The summed E-state index contributed by atoms with van der Waals surface area (Å²) in [4.78, 5) is 11.5. The molecule has 0 aliphatic rings. The van der Waals surface area contributed by atoms with Crippen molar-refractivity contribution in [1.29, 1.82) is 0 Å². The van der Waals surface area contributed by atoms with E-state index in [4.69, 9.17) is 0 Å². The Morgan fingerprint density at radius 2 is 1.74 bits per heavy atom. The second-order valence-corrected chi connectivity index (χ2v) is 8.00. The molecule has 2 heterocycles. The molecule has 0 bridgehead atoms. The fourth-order valence-electron chi connectivity index (χ4n) is 2.91. The molecule has 27 heavy (non-hydrogen) atoms. The lowest BCUT2D eigenvalue weighted by Crippen LogP contribution is -2.26. The molecule has 0 amide bonds. The van der Waals surface area contributed by atoms with Crippen LogP contribution in [0.3, 0.4) is 0 Å². The van der Waals surface area contributed by atoms with Crippen LogP contribution in [0.5, 0.6) is 0 Å². The predicted molar refractivity (Wildman–Crippen MR) is 100 cm³/mol. The summed E-state index contributed by atoms with van der Waals surface area (Å²) in [6.45, 7) is 7.74. The molecule has 0 saturated carbocycles. The highest BCUT2D eigenvalue weighted by molar-refractivity contribution is 5.59. The Bertz CT molecular complexity index is 941. The SMILES string of the molecule is CC(C)(C)c1cnc(CC(C)(O)c2ccc(-c3ccc(F)cn3)cc2F)[nH]1. The highest BCUT2D eigenvalue weighted by Gasteiger charge is 2.29. The number of aromatic nitrogens is 3. The standard InChI is InChI=1S/C21H23F2N3O/c1-20(2,3)18-12-25-19(26-18)10-21(4,27)15-7-5-13(9-16(15)23)17-8-6-14(22)11-24-17/h5-9,11-12,27H,10H2,1-4H3,(H,25,26). The van der Waals surface area contributed by atoms with Crippen molar-refractivity contribution in [2.24, 2.45) is 0 Å². The second-order valence-electron chi connectivity index (χ2n) is 8.00. The Kier molecular flexibility index (Phi) is 4.86. The van der Waals surface area contributed by atoms with Gasteiger partial charge in [-0.2, -0.15) is 0 Å². The molecule has 0 saturated heterocycles. The van der Waals surface area contributed by atoms with E-state index in [2.05, 4.69) is 35.7 Å². The third-order valence-electron chi connectivity index (χ3n) is 4.52. The normalized spacial score (nSPS) is 14.2. The maximum atomic E-state index is 14.7. The van der Waals surface area contributed by atoms with Crippen molar-refractivity contribution in [3.05, 3.63) is 71.4 Å². The van der Waals surface area contributed by atoms with Gasteiger partial charge in [0.15, 0.2) is 0 Å². The average molecular weight is 371 g/mol. The minimum absolute atomic E-state index is 0.0911. The van der Waals surface area contributed by atoms with Crippen molar-refractivity contribution in [3.8, 4) is 11.3 Å². The quantitative estimate of drug-likeness (QED) is 0.710. The first-order valence-corrected chi connectivity index (χ1v) is 8.75. The smallest absolute Gasteiger partial charge is 0.141 e. The topological polar surface area (TPSA) is 61.8 Å². The Balaban J connectivity index is 1.86. The van der Waals surface area contributed by atoms with Crippen LogP contribution < -0.4 is 0 Å². The number of imidazole rings is 1. The van der Waals surface area contributed by atoms with Crippen LogP contribution in [-0.2, 0) is 17.4 Å². The molecular formula is C21H23F2N3O. The van der Waals surface area contributed by atoms with Crippen LogP contribution in [0.25, 0.3) is 11.3 Å². The van der Waals surface area contributed by atoms with E-state index in [1.165, 1.54) is 24.3 Å². The summed E-state index contributed by atoms with van der Waals surface area (Å²) in [7, 11) is 0. The molecule has 4 nitrogen and oxygen atoms in total. The van der Waals surface area contributed by atoms with Crippen molar-refractivity contribution in [3.63, 3.8) is 0 Å². The number of nitrogens with zero attached hydrogens (tertiary/aromatic N) is 2. The third kappa shape index (κ3) is 4.22. The number of hydrogen-bond acceptors (Lipinski definition) is 3.